The third kappa shape index (κ3) is 6.67. The maximum absolute atomic E-state index is 13.4. The van der Waals surface area contributed by atoms with E-state index >= 15 is 0 Å². The molecule has 2 aromatic heterocycles. The summed E-state index contributed by atoms with van der Waals surface area (Å²) in [6, 6.07) is 7.73. The second kappa shape index (κ2) is 11.5. The van der Waals surface area contributed by atoms with E-state index in [1.54, 1.807) is 52.2 Å². The predicted molar refractivity (Wildman–Crippen MR) is 140 cm³/mol. The Morgan fingerprint density at radius 2 is 1.82 bits per heavy atom. The van der Waals surface area contributed by atoms with Crippen LogP contribution in [0.2, 0.25) is 0 Å². The highest BCUT2D eigenvalue weighted by Crippen LogP contribution is 2.45. The van der Waals surface area contributed by atoms with E-state index < -0.39 is 29.6 Å². The van der Waals surface area contributed by atoms with Gasteiger partial charge >= 0.3 is 12.7 Å². The number of amides is 2. The molecule has 3 N–H and O–H groups in total. The van der Waals surface area contributed by atoms with E-state index in [4.69, 9.17) is 19.6 Å². The largest absolute Gasteiger partial charge is 0.489 e. The molecule has 1 aliphatic rings. The molecule has 1 unspecified atom stereocenters. The summed E-state index contributed by atoms with van der Waals surface area (Å²) in [6.45, 7) is 4.41. The van der Waals surface area contributed by atoms with Crippen molar-refractivity contribution in [2.45, 2.75) is 59.3 Å². The molecule has 0 radical (unpaired) electrons. The van der Waals surface area contributed by atoms with Crippen molar-refractivity contribution in [2.24, 2.45) is 17.1 Å². The molecule has 12 heteroatoms. The van der Waals surface area contributed by atoms with E-state index in [1.807, 2.05) is 0 Å². The van der Waals surface area contributed by atoms with Crippen molar-refractivity contribution in [1.82, 2.24) is 15.3 Å². The summed E-state index contributed by atoms with van der Waals surface area (Å²) in [5.41, 5.74) is 4.09. The van der Waals surface area contributed by atoms with E-state index in [9.17, 15) is 18.4 Å². The SMILES string of the molecule is CC(C)(C)C(C)(OC(N)=O)c1oc(-c2ccc(OC(F)F)c(OCC3CC3)c2)nc1C(=O)NCc1ccncc1. The number of alkyl halides is 2. The predicted octanol–water partition coefficient (Wildman–Crippen LogP) is 5.41. The molecule has 0 bridgehead atoms. The van der Waals surface area contributed by atoms with E-state index in [-0.39, 0.29) is 35.4 Å². The second-order valence-corrected chi connectivity index (χ2v) is 10.7. The lowest BCUT2D eigenvalue weighted by atomic mass is 9.75. The van der Waals surface area contributed by atoms with Gasteiger partial charge < -0.3 is 29.7 Å². The number of nitrogens with two attached hydrogens (primary N) is 1. The van der Waals surface area contributed by atoms with Crippen LogP contribution in [0.15, 0.2) is 47.1 Å². The number of nitrogens with zero attached hydrogens (tertiary/aromatic N) is 2. The summed E-state index contributed by atoms with van der Waals surface area (Å²) < 4.78 is 48.1. The van der Waals surface area contributed by atoms with Crippen molar-refractivity contribution in [2.75, 3.05) is 6.61 Å². The lowest BCUT2D eigenvalue weighted by Gasteiger charge is -2.38. The molecule has 0 spiro atoms. The Labute approximate surface area is 230 Å². The number of rotatable bonds is 11. The molecule has 1 fully saturated rings. The van der Waals surface area contributed by atoms with Crippen LogP contribution >= 0.6 is 0 Å². The van der Waals surface area contributed by atoms with Crippen LogP contribution in [-0.4, -0.2) is 35.2 Å². The monoisotopic (exact) mass is 558 g/mol. The highest BCUT2D eigenvalue weighted by Gasteiger charge is 2.49. The number of primary amides is 1. The molecule has 1 atom stereocenters. The molecule has 1 aliphatic carbocycles. The lowest BCUT2D eigenvalue weighted by Crippen LogP contribution is -2.44. The molecule has 214 valence electrons. The van der Waals surface area contributed by atoms with Crippen molar-refractivity contribution < 1.29 is 37.0 Å². The number of pyridine rings is 1. The van der Waals surface area contributed by atoms with Crippen molar-refractivity contribution >= 4 is 12.0 Å². The van der Waals surface area contributed by atoms with Gasteiger partial charge in [-0.25, -0.2) is 9.78 Å². The van der Waals surface area contributed by atoms with Gasteiger partial charge in [0.25, 0.3) is 5.91 Å². The highest BCUT2D eigenvalue weighted by atomic mass is 19.3. The Hall–Kier alpha value is -4.22. The van der Waals surface area contributed by atoms with E-state index in [0.29, 0.717) is 18.1 Å². The molecule has 0 aliphatic heterocycles. The summed E-state index contributed by atoms with van der Waals surface area (Å²) in [5, 5.41) is 2.79. The number of nitrogens with one attached hydrogen (secondary N) is 1. The lowest BCUT2D eigenvalue weighted by molar-refractivity contribution is -0.0707. The summed E-state index contributed by atoms with van der Waals surface area (Å²) >= 11 is 0. The van der Waals surface area contributed by atoms with Crippen LogP contribution in [0.3, 0.4) is 0 Å². The van der Waals surface area contributed by atoms with Crippen molar-refractivity contribution in [1.29, 1.82) is 0 Å². The zero-order chi connectivity index (χ0) is 29.1. The topological polar surface area (TPSA) is 139 Å². The average molecular weight is 559 g/mol. The van der Waals surface area contributed by atoms with Crippen LogP contribution in [-0.2, 0) is 16.9 Å². The first-order valence-corrected chi connectivity index (χ1v) is 12.8. The number of ether oxygens (including phenoxy) is 3. The summed E-state index contributed by atoms with van der Waals surface area (Å²) in [4.78, 5) is 33.8. The van der Waals surface area contributed by atoms with Gasteiger partial charge in [0, 0.05) is 29.9 Å². The van der Waals surface area contributed by atoms with Gasteiger partial charge in [-0.1, -0.05) is 20.8 Å². The van der Waals surface area contributed by atoms with Crippen LogP contribution in [0.25, 0.3) is 11.5 Å². The van der Waals surface area contributed by atoms with Crippen LogP contribution in [0.5, 0.6) is 11.5 Å². The van der Waals surface area contributed by atoms with Gasteiger partial charge in [0.15, 0.2) is 28.6 Å². The number of hydrogen-bond donors (Lipinski definition) is 2. The van der Waals surface area contributed by atoms with Crippen LogP contribution < -0.4 is 20.5 Å². The Morgan fingerprint density at radius 1 is 1.12 bits per heavy atom. The normalized spacial score (nSPS) is 14.9. The first-order valence-electron chi connectivity index (χ1n) is 12.8. The summed E-state index contributed by atoms with van der Waals surface area (Å²) in [7, 11) is 0. The van der Waals surface area contributed by atoms with Gasteiger partial charge in [0.2, 0.25) is 5.89 Å². The van der Waals surface area contributed by atoms with E-state index in [1.165, 1.54) is 18.2 Å². The number of oxazole rings is 1. The van der Waals surface area contributed by atoms with Gasteiger partial charge in [-0.05, 0) is 61.6 Å². The first kappa shape index (κ1) is 28.8. The fourth-order valence-electron chi connectivity index (χ4n) is 3.87. The van der Waals surface area contributed by atoms with Gasteiger partial charge in [-0.15, -0.1) is 0 Å². The zero-order valence-electron chi connectivity index (χ0n) is 22.7. The zero-order valence-corrected chi connectivity index (χ0v) is 22.7. The Morgan fingerprint density at radius 3 is 2.42 bits per heavy atom. The van der Waals surface area contributed by atoms with Crippen molar-refractivity contribution in [3.8, 4) is 23.0 Å². The van der Waals surface area contributed by atoms with Crippen LogP contribution in [0.1, 0.15) is 62.3 Å². The minimum Gasteiger partial charge on any atom is -0.489 e. The first-order chi connectivity index (χ1) is 18.9. The van der Waals surface area contributed by atoms with Gasteiger partial charge in [0.1, 0.15) is 0 Å². The standard InChI is InChI=1S/C28H32F2N4O6/c1-27(2,3)28(4,40-26(31)36)22-21(23(35)33-14-16-9-11-32-12-10-16)34-24(39-22)18-7-8-19(38-25(29)30)20(13-18)37-15-17-5-6-17/h7-13,17,25H,5-6,14-15H2,1-4H3,(H2,31,36)(H,33,35). The molecule has 2 heterocycles. The number of hydrogen-bond acceptors (Lipinski definition) is 8. The molecule has 1 aromatic carbocycles. The molecule has 2 amide bonds. The number of halogens is 2. The summed E-state index contributed by atoms with van der Waals surface area (Å²) in [6.07, 6.45) is 4.13. The fourth-order valence-corrected chi connectivity index (χ4v) is 3.87. The molecular weight excluding hydrogens is 526 g/mol. The number of carbonyl (C=O) groups excluding carboxylic acids is 2. The summed E-state index contributed by atoms with van der Waals surface area (Å²) in [5.74, 6) is -0.348. The smallest absolute Gasteiger partial charge is 0.405 e. The molecule has 1 saturated carbocycles. The number of aromatic nitrogens is 2. The number of benzene rings is 1. The Balaban J connectivity index is 1.76. The Kier molecular flexibility index (Phi) is 8.26. The molecule has 10 nitrogen and oxygen atoms in total. The quantitative estimate of drug-likeness (QED) is 0.318. The highest BCUT2D eigenvalue weighted by molar-refractivity contribution is 5.94. The average Bonchev–Trinajstić information content (AvgIpc) is 3.61. The number of carbonyl (C=O) groups is 2. The third-order valence-electron chi connectivity index (χ3n) is 6.79. The maximum Gasteiger partial charge on any atom is 0.405 e. The molecular formula is C28H32F2N4O6. The van der Waals surface area contributed by atoms with Gasteiger partial charge in [-0.2, -0.15) is 8.78 Å². The van der Waals surface area contributed by atoms with Gasteiger partial charge in [-0.3, -0.25) is 9.78 Å². The van der Waals surface area contributed by atoms with Crippen LogP contribution in [0.4, 0.5) is 13.6 Å². The van der Waals surface area contributed by atoms with Crippen molar-refractivity contribution in [3.05, 3.63) is 59.7 Å². The van der Waals surface area contributed by atoms with E-state index in [2.05, 4.69) is 20.0 Å². The third-order valence-corrected chi connectivity index (χ3v) is 6.79. The minimum absolute atomic E-state index is 0.0209. The molecule has 40 heavy (non-hydrogen) atoms. The van der Waals surface area contributed by atoms with Crippen molar-refractivity contribution in [3.63, 3.8) is 0 Å². The molecule has 0 saturated heterocycles. The maximum atomic E-state index is 13.4. The molecule has 3 aromatic rings. The Bertz CT molecular complexity index is 1350. The van der Waals surface area contributed by atoms with E-state index in [0.717, 1.165) is 18.4 Å². The molecule has 4 rings (SSSR count). The second-order valence-electron chi connectivity index (χ2n) is 10.7. The van der Waals surface area contributed by atoms with Gasteiger partial charge in [0.05, 0.1) is 6.61 Å². The van der Waals surface area contributed by atoms with Crippen LogP contribution in [0, 0.1) is 11.3 Å². The fraction of sp³-hybridized carbons (Fsp3) is 0.429. The minimum atomic E-state index is -3.04.